The fraction of sp³-hybridized carbons (Fsp3) is 0.583. The molecule has 0 amide bonds. The number of rotatable bonds is 4. The molecule has 0 spiro atoms. The highest BCUT2D eigenvalue weighted by molar-refractivity contribution is 7.99. The molecule has 2 N–H and O–H groups in total. The van der Waals surface area contributed by atoms with E-state index < -0.39 is 11.5 Å². The van der Waals surface area contributed by atoms with Crippen molar-refractivity contribution in [2.75, 3.05) is 0 Å². The van der Waals surface area contributed by atoms with Crippen molar-refractivity contribution in [2.45, 2.75) is 43.1 Å². The second kappa shape index (κ2) is 6.04. The maximum absolute atomic E-state index is 11.4. The highest BCUT2D eigenvalue weighted by atomic mass is 32.2. The number of thioether (sulfide) groups is 1. The minimum atomic E-state index is -1.24. The Hall–Kier alpha value is -1.30. The number of carboxylic acid groups (broad SMARTS) is 1. The number of hydrogen-bond acceptors (Lipinski definition) is 4. The number of aromatic carboxylic acids is 1. The van der Waals surface area contributed by atoms with Gasteiger partial charge in [0.25, 0.3) is 5.56 Å². The topological polar surface area (TPSA) is 83.0 Å². The lowest BCUT2D eigenvalue weighted by atomic mass is 10.0. The number of aromatic nitrogens is 2. The smallest absolute Gasteiger partial charge is 0.342 e. The van der Waals surface area contributed by atoms with Gasteiger partial charge < -0.3 is 10.1 Å². The van der Waals surface area contributed by atoms with Crippen LogP contribution in [0.15, 0.2) is 11.0 Å². The molecule has 2 rings (SSSR count). The number of aromatic amines is 1. The Morgan fingerprint density at radius 2 is 2.17 bits per heavy atom. The Labute approximate surface area is 109 Å². The largest absolute Gasteiger partial charge is 0.477 e. The van der Waals surface area contributed by atoms with Crippen LogP contribution >= 0.6 is 11.8 Å². The van der Waals surface area contributed by atoms with Crippen molar-refractivity contribution < 1.29 is 9.90 Å². The van der Waals surface area contributed by atoms with E-state index in [0.717, 1.165) is 6.20 Å². The molecule has 1 aliphatic carbocycles. The van der Waals surface area contributed by atoms with Gasteiger partial charge in [-0.1, -0.05) is 19.3 Å². The lowest BCUT2D eigenvalue weighted by molar-refractivity contribution is 0.0694. The molecule has 18 heavy (non-hydrogen) atoms. The second-order valence-corrected chi connectivity index (χ2v) is 5.74. The monoisotopic (exact) mass is 268 g/mol. The van der Waals surface area contributed by atoms with Gasteiger partial charge in [-0.3, -0.25) is 4.79 Å². The Bertz CT molecular complexity index is 480. The SMILES string of the molecule is O=C(O)c1cnc(CSC2CCCCC2)[nH]c1=O. The van der Waals surface area contributed by atoms with Crippen LogP contribution in [0.1, 0.15) is 48.3 Å². The van der Waals surface area contributed by atoms with Gasteiger partial charge in [0.15, 0.2) is 0 Å². The van der Waals surface area contributed by atoms with Gasteiger partial charge in [-0.2, -0.15) is 11.8 Å². The summed E-state index contributed by atoms with van der Waals surface area (Å²) in [6, 6.07) is 0. The second-order valence-electron chi connectivity index (χ2n) is 4.45. The molecule has 0 radical (unpaired) electrons. The van der Waals surface area contributed by atoms with Crippen molar-refractivity contribution in [1.82, 2.24) is 9.97 Å². The molecule has 98 valence electrons. The molecule has 6 heteroatoms. The van der Waals surface area contributed by atoms with Crippen LogP contribution in [0.5, 0.6) is 0 Å². The molecule has 1 heterocycles. The van der Waals surface area contributed by atoms with Crippen LogP contribution in [0, 0.1) is 0 Å². The maximum atomic E-state index is 11.4. The molecule has 0 saturated heterocycles. The van der Waals surface area contributed by atoms with Crippen LogP contribution in [0.3, 0.4) is 0 Å². The van der Waals surface area contributed by atoms with Crippen LogP contribution in [0.4, 0.5) is 0 Å². The Morgan fingerprint density at radius 3 is 2.78 bits per heavy atom. The molecule has 0 bridgehead atoms. The summed E-state index contributed by atoms with van der Waals surface area (Å²) in [5.41, 5.74) is -0.877. The first kappa shape index (κ1) is 13.1. The highest BCUT2D eigenvalue weighted by Gasteiger charge is 2.15. The first-order valence-corrected chi connectivity index (χ1v) is 7.15. The highest BCUT2D eigenvalue weighted by Crippen LogP contribution is 2.29. The van der Waals surface area contributed by atoms with Crippen molar-refractivity contribution in [1.29, 1.82) is 0 Å². The molecule has 0 atom stereocenters. The number of hydrogen-bond donors (Lipinski definition) is 2. The summed E-state index contributed by atoms with van der Waals surface area (Å²) >= 11 is 1.79. The standard InChI is InChI=1S/C12H16N2O3S/c15-11-9(12(16)17)6-13-10(14-11)7-18-8-4-2-1-3-5-8/h6,8H,1-5,7H2,(H,16,17)(H,13,14,15). The summed E-state index contributed by atoms with van der Waals surface area (Å²) in [5, 5.41) is 9.37. The minimum Gasteiger partial charge on any atom is -0.477 e. The third-order valence-electron chi connectivity index (χ3n) is 3.09. The average Bonchev–Trinajstić information content (AvgIpc) is 2.37. The molecule has 1 aromatic heterocycles. The average molecular weight is 268 g/mol. The van der Waals surface area contributed by atoms with Crippen molar-refractivity contribution in [3.05, 3.63) is 27.9 Å². The van der Waals surface area contributed by atoms with Gasteiger partial charge in [0.2, 0.25) is 0 Å². The first-order valence-electron chi connectivity index (χ1n) is 6.10. The predicted molar refractivity (Wildman–Crippen MR) is 70.0 cm³/mol. The molecular weight excluding hydrogens is 252 g/mol. The van der Waals surface area contributed by atoms with E-state index in [-0.39, 0.29) is 5.56 Å². The van der Waals surface area contributed by atoms with Gasteiger partial charge >= 0.3 is 5.97 Å². The van der Waals surface area contributed by atoms with Gasteiger partial charge in [0.1, 0.15) is 11.4 Å². The van der Waals surface area contributed by atoms with E-state index in [1.807, 2.05) is 0 Å². The van der Waals surface area contributed by atoms with E-state index in [4.69, 9.17) is 5.11 Å². The quantitative estimate of drug-likeness (QED) is 0.873. The van der Waals surface area contributed by atoms with Crippen LogP contribution < -0.4 is 5.56 Å². The summed E-state index contributed by atoms with van der Waals surface area (Å²) in [6.07, 6.45) is 7.46. The maximum Gasteiger partial charge on any atom is 0.342 e. The molecule has 1 aliphatic rings. The fourth-order valence-electron chi connectivity index (χ4n) is 2.09. The molecule has 5 nitrogen and oxygen atoms in total. The number of H-pyrrole nitrogens is 1. The van der Waals surface area contributed by atoms with Crippen molar-refractivity contribution in [3.63, 3.8) is 0 Å². The summed E-state index contributed by atoms with van der Waals surface area (Å²) in [6.45, 7) is 0. The third kappa shape index (κ3) is 3.35. The number of carboxylic acids is 1. The van der Waals surface area contributed by atoms with E-state index >= 15 is 0 Å². The van der Waals surface area contributed by atoms with Gasteiger partial charge in [-0.15, -0.1) is 0 Å². The van der Waals surface area contributed by atoms with Gasteiger partial charge in [-0.05, 0) is 12.8 Å². The van der Waals surface area contributed by atoms with Crippen LogP contribution in [-0.2, 0) is 5.75 Å². The van der Waals surface area contributed by atoms with Crippen LogP contribution in [-0.4, -0.2) is 26.3 Å². The molecule has 0 unspecified atom stereocenters. The van der Waals surface area contributed by atoms with E-state index in [1.54, 1.807) is 11.8 Å². The lowest BCUT2D eigenvalue weighted by Gasteiger charge is -2.20. The Morgan fingerprint density at radius 1 is 1.44 bits per heavy atom. The summed E-state index contributed by atoms with van der Waals surface area (Å²) < 4.78 is 0. The van der Waals surface area contributed by atoms with E-state index in [9.17, 15) is 9.59 Å². The zero-order valence-corrected chi connectivity index (χ0v) is 10.8. The minimum absolute atomic E-state index is 0.304. The number of carbonyl (C=O) groups is 1. The summed E-state index contributed by atoms with van der Waals surface area (Å²) in [4.78, 5) is 28.6. The molecule has 1 saturated carbocycles. The van der Waals surface area contributed by atoms with Crippen LogP contribution in [0.2, 0.25) is 0 Å². The first-order chi connectivity index (χ1) is 8.66. The third-order valence-corrected chi connectivity index (χ3v) is 4.47. The van der Waals surface area contributed by atoms with Gasteiger partial charge in [-0.25, -0.2) is 9.78 Å². The molecule has 0 aromatic carbocycles. The predicted octanol–water partition coefficient (Wildman–Crippen LogP) is 2.03. The lowest BCUT2D eigenvalue weighted by Crippen LogP contribution is -2.20. The summed E-state index contributed by atoms with van der Waals surface area (Å²) in [5.74, 6) is -0.0457. The molecular formula is C12H16N2O3S. The number of nitrogens with one attached hydrogen (secondary N) is 1. The van der Waals surface area contributed by atoms with E-state index in [2.05, 4.69) is 9.97 Å². The van der Waals surface area contributed by atoms with E-state index in [0.29, 0.717) is 16.8 Å². The Kier molecular flexibility index (Phi) is 4.41. The van der Waals surface area contributed by atoms with Crippen molar-refractivity contribution in [2.24, 2.45) is 0 Å². The number of nitrogens with zero attached hydrogens (tertiary/aromatic N) is 1. The van der Waals surface area contributed by atoms with E-state index in [1.165, 1.54) is 32.1 Å². The molecule has 0 aliphatic heterocycles. The van der Waals surface area contributed by atoms with Crippen molar-refractivity contribution >= 4 is 17.7 Å². The van der Waals surface area contributed by atoms with Crippen LogP contribution in [0.25, 0.3) is 0 Å². The Balaban J connectivity index is 1.95. The van der Waals surface area contributed by atoms with Gasteiger partial charge in [0, 0.05) is 11.4 Å². The normalized spacial score (nSPS) is 16.7. The zero-order valence-electron chi connectivity index (χ0n) is 10.0. The molecule has 1 fully saturated rings. The fourth-order valence-corrected chi connectivity index (χ4v) is 3.29. The molecule has 1 aromatic rings. The summed E-state index contributed by atoms with van der Waals surface area (Å²) in [7, 11) is 0. The van der Waals surface area contributed by atoms with Gasteiger partial charge in [0.05, 0.1) is 5.75 Å². The van der Waals surface area contributed by atoms with Crippen molar-refractivity contribution in [3.8, 4) is 0 Å². The zero-order chi connectivity index (χ0) is 13.0.